The van der Waals surface area contributed by atoms with E-state index in [1.165, 1.54) is 18.7 Å². The molecule has 4 rings (SSSR count). The number of aliphatic imine (C=N–C) groups is 1. The Bertz CT molecular complexity index is 697. The van der Waals surface area contributed by atoms with E-state index in [-0.39, 0.29) is 30.1 Å². The van der Waals surface area contributed by atoms with Crippen molar-refractivity contribution in [2.45, 2.75) is 32.5 Å². The van der Waals surface area contributed by atoms with Gasteiger partial charge in [0.25, 0.3) is 0 Å². The lowest BCUT2D eigenvalue weighted by Crippen LogP contribution is -2.50. The summed E-state index contributed by atoms with van der Waals surface area (Å²) in [6.45, 7) is 17.8. The summed E-state index contributed by atoms with van der Waals surface area (Å²) < 4.78 is 6.17. The van der Waals surface area contributed by atoms with Crippen LogP contribution in [-0.2, 0) is 11.3 Å². The zero-order valence-electron chi connectivity index (χ0n) is 19.8. The van der Waals surface area contributed by atoms with Gasteiger partial charge in [0, 0.05) is 65.4 Å². The minimum atomic E-state index is 0. The highest BCUT2D eigenvalue weighted by Gasteiger charge is 2.41. The number of morpholine rings is 1. The Morgan fingerprint density at radius 2 is 1.78 bits per heavy atom. The van der Waals surface area contributed by atoms with Crippen molar-refractivity contribution in [1.29, 1.82) is 0 Å². The third kappa shape index (κ3) is 6.79. The highest BCUT2D eigenvalue weighted by atomic mass is 127. The van der Waals surface area contributed by atoms with Crippen molar-refractivity contribution < 1.29 is 4.74 Å². The van der Waals surface area contributed by atoms with Crippen molar-refractivity contribution in [2.75, 3.05) is 78.6 Å². The molecule has 0 aliphatic carbocycles. The first-order valence-electron chi connectivity index (χ1n) is 12.1. The van der Waals surface area contributed by atoms with Crippen molar-refractivity contribution in [3.05, 3.63) is 35.9 Å². The number of nitrogens with zero attached hydrogens (tertiary/aromatic N) is 5. The van der Waals surface area contributed by atoms with E-state index in [1.54, 1.807) is 0 Å². The van der Waals surface area contributed by atoms with Crippen LogP contribution in [0.3, 0.4) is 0 Å². The summed E-state index contributed by atoms with van der Waals surface area (Å²) in [4.78, 5) is 15.1. The molecule has 1 aromatic carbocycles. The van der Waals surface area contributed by atoms with Crippen LogP contribution >= 0.6 is 24.0 Å². The molecule has 1 aromatic rings. The van der Waals surface area contributed by atoms with Crippen molar-refractivity contribution in [3.63, 3.8) is 0 Å². The molecule has 3 saturated heterocycles. The van der Waals surface area contributed by atoms with Gasteiger partial charge in [0.15, 0.2) is 5.96 Å². The highest BCUT2D eigenvalue weighted by Crippen LogP contribution is 2.24. The van der Waals surface area contributed by atoms with E-state index in [0.717, 1.165) is 78.0 Å². The smallest absolute Gasteiger partial charge is 0.194 e. The molecular weight excluding hydrogens is 515 g/mol. The summed E-state index contributed by atoms with van der Waals surface area (Å²) in [5, 5.41) is 3.53. The third-order valence-corrected chi connectivity index (χ3v) is 6.87. The van der Waals surface area contributed by atoms with Crippen LogP contribution in [0.1, 0.15) is 19.4 Å². The number of fused-ring (bicyclic) bond motifs is 1. The Balaban J connectivity index is 0.00000289. The molecule has 0 amide bonds. The second-order valence-electron chi connectivity index (χ2n) is 8.85. The number of rotatable bonds is 7. The normalized spacial score (nSPS) is 25.4. The average Bonchev–Trinajstić information content (AvgIpc) is 3.25. The van der Waals surface area contributed by atoms with Crippen molar-refractivity contribution >= 4 is 29.9 Å². The number of halogens is 1. The van der Waals surface area contributed by atoms with E-state index < -0.39 is 0 Å². The fraction of sp³-hybridized carbons (Fsp3) is 0.708. The molecule has 8 heteroatoms. The zero-order chi connectivity index (χ0) is 21.5. The summed E-state index contributed by atoms with van der Waals surface area (Å²) in [6, 6.07) is 11.2. The highest BCUT2D eigenvalue weighted by molar-refractivity contribution is 14.0. The largest absolute Gasteiger partial charge is 0.373 e. The maximum absolute atomic E-state index is 6.17. The molecule has 3 aliphatic heterocycles. The number of ether oxygens (including phenoxy) is 1. The third-order valence-electron chi connectivity index (χ3n) is 6.87. The van der Waals surface area contributed by atoms with Crippen molar-refractivity contribution in [1.82, 2.24) is 24.9 Å². The minimum absolute atomic E-state index is 0. The first-order chi connectivity index (χ1) is 15.3. The molecule has 3 fully saturated rings. The molecule has 0 aromatic heterocycles. The Morgan fingerprint density at radius 3 is 2.50 bits per heavy atom. The maximum Gasteiger partial charge on any atom is 0.194 e. The number of piperazine rings is 1. The minimum Gasteiger partial charge on any atom is -0.373 e. The van der Waals surface area contributed by atoms with Gasteiger partial charge in [-0.3, -0.25) is 14.8 Å². The van der Waals surface area contributed by atoms with Crippen molar-refractivity contribution in [2.24, 2.45) is 4.99 Å². The van der Waals surface area contributed by atoms with Crippen LogP contribution in [0.15, 0.2) is 35.3 Å². The van der Waals surface area contributed by atoms with Crippen LogP contribution in [0.25, 0.3) is 0 Å². The van der Waals surface area contributed by atoms with Gasteiger partial charge in [0.05, 0.1) is 25.3 Å². The number of guanidine groups is 1. The predicted octanol–water partition coefficient (Wildman–Crippen LogP) is 1.79. The Morgan fingerprint density at radius 1 is 1.03 bits per heavy atom. The van der Waals surface area contributed by atoms with Gasteiger partial charge in [-0.15, -0.1) is 24.0 Å². The molecule has 1 N–H and O–H groups in total. The summed E-state index contributed by atoms with van der Waals surface area (Å²) in [7, 11) is 0. The number of likely N-dealkylation sites (N-methyl/N-ethyl adjacent to an activating group) is 1. The topological polar surface area (TPSA) is 46.6 Å². The van der Waals surface area contributed by atoms with Crippen LogP contribution < -0.4 is 5.32 Å². The second kappa shape index (κ2) is 13.1. The Hall–Kier alpha value is -0.940. The average molecular weight is 557 g/mol. The molecule has 180 valence electrons. The lowest BCUT2D eigenvalue weighted by atomic mass is 10.1. The molecule has 0 saturated carbocycles. The van der Waals surface area contributed by atoms with E-state index >= 15 is 0 Å². The fourth-order valence-corrected chi connectivity index (χ4v) is 5.00. The van der Waals surface area contributed by atoms with Gasteiger partial charge in [0.1, 0.15) is 0 Å². The monoisotopic (exact) mass is 556 g/mol. The van der Waals surface area contributed by atoms with Crippen LogP contribution in [0, 0.1) is 0 Å². The number of hydrogen-bond donors (Lipinski definition) is 1. The van der Waals surface area contributed by atoms with E-state index in [1.807, 2.05) is 0 Å². The molecule has 3 aliphatic rings. The van der Waals surface area contributed by atoms with Gasteiger partial charge in [-0.25, -0.2) is 0 Å². The van der Waals surface area contributed by atoms with Gasteiger partial charge in [-0.05, 0) is 19.0 Å². The predicted molar refractivity (Wildman–Crippen MR) is 142 cm³/mol. The molecular formula is C24H41IN6O. The molecule has 0 bridgehead atoms. The summed E-state index contributed by atoms with van der Waals surface area (Å²) in [5.41, 5.74) is 1.38. The first kappa shape index (κ1) is 25.7. The molecule has 7 nitrogen and oxygen atoms in total. The van der Waals surface area contributed by atoms with Crippen LogP contribution in [0.2, 0.25) is 0 Å². The number of nitrogens with one attached hydrogen (secondary N) is 1. The van der Waals surface area contributed by atoms with Gasteiger partial charge in [0.2, 0.25) is 0 Å². The first-order valence-corrected chi connectivity index (χ1v) is 12.1. The van der Waals surface area contributed by atoms with Gasteiger partial charge < -0.3 is 19.9 Å². The lowest BCUT2D eigenvalue weighted by Gasteiger charge is -2.36. The fourth-order valence-electron chi connectivity index (χ4n) is 5.00. The molecule has 3 heterocycles. The quantitative estimate of drug-likeness (QED) is 0.314. The van der Waals surface area contributed by atoms with E-state index in [2.05, 4.69) is 69.1 Å². The lowest BCUT2D eigenvalue weighted by molar-refractivity contribution is -0.0502. The number of hydrogen-bond acceptors (Lipinski definition) is 5. The Labute approximate surface area is 211 Å². The molecule has 2 unspecified atom stereocenters. The molecule has 2 atom stereocenters. The second-order valence-corrected chi connectivity index (χ2v) is 8.85. The molecule has 0 radical (unpaired) electrons. The van der Waals surface area contributed by atoms with Crippen LogP contribution in [-0.4, -0.2) is 116 Å². The van der Waals surface area contributed by atoms with Gasteiger partial charge in [-0.1, -0.05) is 37.3 Å². The maximum atomic E-state index is 6.17. The number of likely N-dealkylation sites (tertiary alicyclic amines) is 1. The van der Waals surface area contributed by atoms with Gasteiger partial charge >= 0.3 is 0 Å². The van der Waals surface area contributed by atoms with E-state index in [4.69, 9.17) is 9.73 Å². The Kier molecular flexibility index (Phi) is 10.5. The molecule has 0 spiro atoms. The van der Waals surface area contributed by atoms with E-state index in [9.17, 15) is 0 Å². The van der Waals surface area contributed by atoms with Gasteiger partial charge in [-0.2, -0.15) is 0 Å². The van der Waals surface area contributed by atoms with Crippen LogP contribution in [0.4, 0.5) is 0 Å². The SMILES string of the molecule is CCNC(=NCCN1CCN(CC)CC1)N1CC2OCCN(Cc3ccccc3)C2C1.I. The summed E-state index contributed by atoms with van der Waals surface area (Å²) >= 11 is 0. The number of benzene rings is 1. The standard InChI is InChI=1S/C24H40N6O.HI/c1-3-25-24(26-10-11-28-14-12-27(4-2)13-15-28)30-19-22-23(20-30)31-17-16-29(22)18-21-8-6-5-7-9-21;/h5-9,22-23H,3-4,10-20H2,1-2H3,(H,25,26);1H. The van der Waals surface area contributed by atoms with E-state index in [0.29, 0.717) is 6.04 Å². The molecule has 32 heavy (non-hydrogen) atoms. The summed E-state index contributed by atoms with van der Waals surface area (Å²) in [5.74, 6) is 1.05. The van der Waals surface area contributed by atoms with Crippen molar-refractivity contribution in [3.8, 4) is 0 Å². The zero-order valence-corrected chi connectivity index (χ0v) is 22.1. The summed E-state index contributed by atoms with van der Waals surface area (Å²) in [6.07, 6.45) is 0.267. The van der Waals surface area contributed by atoms with Crippen LogP contribution in [0.5, 0.6) is 0 Å².